The number of benzene rings is 1. The van der Waals surface area contributed by atoms with Crippen LogP contribution < -0.4 is 11.1 Å². The number of rotatable bonds is 2. The second-order valence-corrected chi connectivity index (χ2v) is 5.63. The molecule has 0 bridgehead atoms. The number of carbonyl (C=O) groups is 1. The number of hydrogen-bond acceptors (Lipinski definition) is 3. The first kappa shape index (κ1) is 13.6. The molecule has 1 amide bonds. The molecule has 0 aliphatic carbocycles. The summed E-state index contributed by atoms with van der Waals surface area (Å²) in [6.45, 7) is 0.679. The Bertz CT molecular complexity index is 880. The fourth-order valence-electron chi connectivity index (χ4n) is 2.86. The van der Waals surface area contributed by atoms with E-state index in [-0.39, 0.29) is 5.91 Å². The summed E-state index contributed by atoms with van der Waals surface area (Å²) < 4.78 is 0. The van der Waals surface area contributed by atoms with Crippen LogP contribution in [0.5, 0.6) is 0 Å². The lowest BCUT2D eigenvalue weighted by atomic mass is 10.1. The summed E-state index contributed by atoms with van der Waals surface area (Å²) in [6, 6.07) is 13.5. The zero-order valence-electron chi connectivity index (χ0n) is 12.5. The number of pyridine rings is 1. The standard InChI is InChI=1S/C18H16N4O/c19-13-3-1-11(2-4-13)16-9-12(5-7-20-16)17-10-14-15(22-17)6-8-21-18(14)23/h1-5,7,9-10,22H,6,8,19H2,(H,21,23). The average Bonchev–Trinajstić information content (AvgIpc) is 3.01. The Hall–Kier alpha value is -3.08. The van der Waals surface area contributed by atoms with E-state index in [9.17, 15) is 4.79 Å². The highest BCUT2D eigenvalue weighted by atomic mass is 16.1. The Morgan fingerprint density at radius 2 is 1.87 bits per heavy atom. The van der Waals surface area contributed by atoms with Gasteiger partial charge in [0.2, 0.25) is 0 Å². The van der Waals surface area contributed by atoms with Gasteiger partial charge in [0, 0.05) is 47.4 Å². The van der Waals surface area contributed by atoms with Crippen molar-refractivity contribution in [3.8, 4) is 22.5 Å². The van der Waals surface area contributed by atoms with E-state index in [0.717, 1.165) is 45.9 Å². The molecular formula is C18H16N4O. The monoisotopic (exact) mass is 304 g/mol. The minimum Gasteiger partial charge on any atom is -0.399 e. The fraction of sp³-hybridized carbons (Fsp3) is 0.111. The molecule has 0 spiro atoms. The molecule has 0 radical (unpaired) electrons. The Kier molecular flexibility index (Phi) is 3.12. The van der Waals surface area contributed by atoms with E-state index in [4.69, 9.17) is 5.73 Å². The van der Waals surface area contributed by atoms with Gasteiger partial charge in [-0.05, 0) is 30.3 Å². The number of anilines is 1. The third kappa shape index (κ3) is 2.46. The summed E-state index contributed by atoms with van der Waals surface area (Å²) in [6.07, 6.45) is 2.61. The topological polar surface area (TPSA) is 83.8 Å². The van der Waals surface area contributed by atoms with Crippen molar-refractivity contribution in [2.45, 2.75) is 6.42 Å². The van der Waals surface area contributed by atoms with Gasteiger partial charge in [0.15, 0.2) is 0 Å². The van der Waals surface area contributed by atoms with E-state index in [1.165, 1.54) is 0 Å². The molecule has 0 fully saturated rings. The maximum Gasteiger partial charge on any atom is 0.253 e. The van der Waals surface area contributed by atoms with E-state index < -0.39 is 0 Å². The quantitative estimate of drug-likeness (QED) is 0.636. The second-order valence-electron chi connectivity index (χ2n) is 5.63. The highest BCUT2D eigenvalue weighted by Gasteiger charge is 2.20. The van der Waals surface area contributed by atoms with Crippen molar-refractivity contribution in [2.24, 2.45) is 0 Å². The van der Waals surface area contributed by atoms with Crippen LogP contribution in [0.4, 0.5) is 5.69 Å². The van der Waals surface area contributed by atoms with Crippen molar-refractivity contribution >= 4 is 11.6 Å². The number of fused-ring (bicyclic) bond motifs is 1. The lowest BCUT2D eigenvalue weighted by Crippen LogP contribution is -2.31. The van der Waals surface area contributed by atoms with Crippen LogP contribution in [0.25, 0.3) is 22.5 Å². The number of aromatic amines is 1. The Balaban J connectivity index is 1.74. The normalized spacial score (nSPS) is 13.5. The van der Waals surface area contributed by atoms with E-state index >= 15 is 0 Å². The molecule has 0 saturated heterocycles. The number of nitrogen functional groups attached to an aromatic ring is 1. The molecule has 0 saturated carbocycles. The van der Waals surface area contributed by atoms with Gasteiger partial charge in [0.1, 0.15) is 0 Å². The first-order valence-corrected chi connectivity index (χ1v) is 7.53. The van der Waals surface area contributed by atoms with Crippen LogP contribution in [-0.4, -0.2) is 22.4 Å². The summed E-state index contributed by atoms with van der Waals surface area (Å²) in [4.78, 5) is 19.7. The van der Waals surface area contributed by atoms with Gasteiger partial charge in [-0.15, -0.1) is 0 Å². The molecule has 1 aromatic carbocycles. The van der Waals surface area contributed by atoms with Gasteiger partial charge < -0.3 is 16.0 Å². The van der Waals surface area contributed by atoms with Crippen molar-refractivity contribution in [3.05, 3.63) is 59.9 Å². The number of nitrogens with one attached hydrogen (secondary N) is 2. The number of nitrogens with zero attached hydrogens (tertiary/aromatic N) is 1. The number of amides is 1. The van der Waals surface area contributed by atoms with Crippen molar-refractivity contribution < 1.29 is 4.79 Å². The lowest BCUT2D eigenvalue weighted by Gasteiger charge is -2.10. The lowest BCUT2D eigenvalue weighted by molar-refractivity contribution is 0.0946. The SMILES string of the molecule is Nc1ccc(-c2cc(-c3cc4c([nH]3)CCNC4=O)ccn2)cc1. The second kappa shape index (κ2) is 5.28. The molecule has 3 heterocycles. The molecule has 1 aliphatic heterocycles. The molecule has 23 heavy (non-hydrogen) atoms. The van der Waals surface area contributed by atoms with Crippen LogP contribution in [0, 0.1) is 0 Å². The van der Waals surface area contributed by atoms with Gasteiger partial charge in [-0.3, -0.25) is 9.78 Å². The minimum absolute atomic E-state index is 0.0124. The van der Waals surface area contributed by atoms with Gasteiger partial charge in [-0.25, -0.2) is 0 Å². The zero-order valence-corrected chi connectivity index (χ0v) is 12.5. The first-order valence-electron chi connectivity index (χ1n) is 7.53. The molecule has 114 valence electrons. The van der Waals surface area contributed by atoms with Gasteiger partial charge in [-0.1, -0.05) is 12.1 Å². The van der Waals surface area contributed by atoms with E-state index in [1.54, 1.807) is 6.20 Å². The van der Waals surface area contributed by atoms with Gasteiger partial charge in [0.25, 0.3) is 5.91 Å². The maximum absolute atomic E-state index is 11.9. The number of carbonyl (C=O) groups excluding carboxylic acids is 1. The third-order valence-corrected chi connectivity index (χ3v) is 4.08. The molecular weight excluding hydrogens is 288 g/mol. The smallest absolute Gasteiger partial charge is 0.253 e. The van der Waals surface area contributed by atoms with Crippen LogP contribution in [0.3, 0.4) is 0 Å². The fourth-order valence-corrected chi connectivity index (χ4v) is 2.86. The predicted molar refractivity (Wildman–Crippen MR) is 89.9 cm³/mol. The highest BCUT2D eigenvalue weighted by molar-refractivity contribution is 5.97. The largest absolute Gasteiger partial charge is 0.399 e. The zero-order chi connectivity index (χ0) is 15.8. The summed E-state index contributed by atoms with van der Waals surface area (Å²) in [5.41, 5.74) is 12.0. The molecule has 0 atom stereocenters. The molecule has 4 rings (SSSR count). The van der Waals surface area contributed by atoms with Crippen molar-refractivity contribution in [3.63, 3.8) is 0 Å². The summed E-state index contributed by atoms with van der Waals surface area (Å²) >= 11 is 0. The van der Waals surface area contributed by atoms with E-state index in [2.05, 4.69) is 15.3 Å². The van der Waals surface area contributed by atoms with E-state index in [1.807, 2.05) is 42.5 Å². The van der Waals surface area contributed by atoms with Gasteiger partial charge >= 0.3 is 0 Å². The van der Waals surface area contributed by atoms with Crippen LogP contribution >= 0.6 is 0 Å². The molecule has 5 heteroatoms. The van der Waals surface area contributed by atoms with Gasteiger partial charge in [-0.2, -0.15) is 0 Å². The maximum atomic E-state index is 11.9. The Morgan fingerprint density at radius 1 is 1.04 bits per heavy atom. The summed E-state index contributed by atoms with van der Waals surface area (Å²) in [5, 5.41) is 2.86. The van der Waals surface area contributed by atoms with Crippen LogP contribution in [0.1, 0.15) is 16.1 Å². The molecule has 4 N–H and O–H groups in total. The first-order chi connectivity index (χ1) is 11.2. The van der Waals surface area contributed by atoms with E-state index in [0.29, 0.717) is 6.54 Å². The van der Waals surface area contributed by atoms with Crippen molar-refractivity contribution in [2.75, 3.05) is 12.3 Å². The molecule has 1 aliphatic rings. The average molecular weight is 304 g/mol. The molecule has 3 aromatic rings. The third-order valence-electron chi connectivity index (χ3n) is 4.08. The number of aromatic nitrogens is 2. The number of hydrogen-bond donors (Lipinski definition) is 3. The van der Waals surface area contributed by atoms with Crippen molar-refractivity contribution in [1.29, 1.82) is 0 Å². The molecule has 0 unspecified atom stereocenters. The summed E-state index contributed by atoms with van der Waals surface area (Å²) in [7, 11) is 0. The highest BCUT2D eigenvalue weighted by Crippen LogP contribution is 2.27. The molecule has 5 nitrogen and oxygen atoms in total. The summed E-state index contributed by atoms with van der Waals surface area (Å²) in [5.74, 6) is -0.0124. The van der Waals surface area contributed by atoms with Crippen molar-refractivity contribution in [1.82, 2.24) is 15.3 Å². The minimum atomic E-state index is -0.0124. The van der Waals surface area contributed by atoms with Crippen LogP contribution in [0.2, 0.25) is 0 Å². The van der Waals surface area contributed by atoms with Crippen LogP contribution in [0.15, 0.2) is 48.7 Å². The molecule has 2 aromatic heterocycles. The number of nitrogens with two attached hydrogens (primary N) is 1. The Labute approximate surface area is 133 Å². The predicted octanol–water partition coefficient (Wildman–Crippen LogP) is 2.61. The van der Waals surface area contributed by atoms with Crippen LogP contribution in [-0.2, 0) is 6.42 Å². The number of H-pyrrole nitrogens is 1. The Morgan fingerprint density at radius 3 is 2.65 bits per heavy atom. The van der Waals surface area contributed by atoms with Gasteiger partial charge in [0.05, 0.1) is 11.3 Å².